The van der Waals surface area contributed by atoms with E-state index in [4.69, 9.17) is 0 Å². The predicted octanol–water partition coefficient (Wildman–Crippen LogP) is 3.11. The van der Waals surface area contributed by atoms with Crippen LogP contribution in [0.1, 0.15) is 29.3 Å². The molecule has 158 valence electrons. The molecule has 7 heteroatoms. The Morgan fingerprint density at radius 1 is 1.06 bits per heavy atom. The van der Waals surface area contributed by atoms with Gasteiger partial charge in [0.2, 0.25) is 5.91 Å². The van der Waals surface area contributed by atoms with Crippen molar-refractivity contribution in [3.05, 3.63) is 83.9 Å². The monoisotopic (exact) mass is 415 g/mol. The van der Waals surface area contributed by atoms with Crippen molar-refractivity contribution in [2.75, 3.05) is 18.0 Å². The van der Waals surface area contributed by atoms with Crippen molar-refractivity contribution < 1.29 is 9.59 Å². The van der Waals surface area contributed by atoms with Crippen LogP contribution in [0.15, 0.2) is 67.1 Å². The molecule has 7 nitrogen and oxygen atoms in total. The summed E-state index contributed by atoms with van der Waals surface area (Å²) in [6, 6.07) is 15.3. The standard InChI is InChI=1S/C24H25N5O2/c1-17-4-6-20(7-5-17)29-16-19(15-22(29)30)26-24(31)28-14-13-27-12-2-3-21(27)23(28)18-8-10-25-11-9-18/h2-12,19,23H,13-16H2,1H3,(H,26,31). The summed E-state index contributed by atoms with van der Waals surface area (Å²) in [5, 5.41) is 3.11. The number of fused-ring (bicyclic) bond motifs is 1. The van der Waals surface area contributed by atoms with Crippen molar-refractivity contribution in [1.82, 2.24) is 19.8 Å². The Balaban J connectivity index is 1.34. The number of nitrogens with zero attached hydrogens (tertiary/aromatic N) is 4. The Bertz CT molecular complexity index is 1090. The first-order chi connectivity index (χ1) is 15.1. The van der Waals surface area contributed by atoms with Crippen LogP contribution in [0.2, 0.25) is 0 Å². The molecule has 1 saturated heterocycles. The van der Waals surface area contributed by atoms with E-state index < -0.39 is 0 Å². The number of nitrogens with one attached hydrogen (secondary N) is 1. The summed E-state index contributed by atoms with van der Waals surface area (Å²) < 4.78 is 2.19. The van der Waals surface area contributed by atoms with E-state index in [0.29, 0.717) is 19.5 Å². The SMILES string of the molecule is Cc1ccc(N2CC(NC(=O)N3CCn4cccc4C3c3ccncc3)CC2=O)cc1. The Morgan fingerprint density at radius 3 is 2.61 bits per heavy atom. The number of pyridine rings is 1. The zero-order chi connectivity index (χ0) is 21.4. The number of hydrogen-bond donors (Lipinski definition) is 1. The van der Waals surface area contributed by atoms with E-state index in [9.17, 15) is 9.59 Å². The van der Waals surface area contributed by atoms with Gasteiger partial charge in [-0.25, -0.2) is 4.79 Å². The fourth-order valence-corrected chi connectivity index (χ4v) is 4.53. The highest BCUT2D eigenvalue weighted by Gasteiger charge is 2.36. The lowest BCUT2D eigenvalue weighted by molar-refractivity contribution is -0.117. The van der Waals surface area contributed by atoms with Crippen LogP contribution in [0, 0.1) is 6.92 Å². The molecular weight excluding hydrogens is 390 g/mol. The minimum absolute atomic E-state index is 0.0346. The van der Waals surface area contributed by atoms with Gasteiger partial charge in [0.25, 0.3) is 0 Å². The van der Waals surface area contributed by atoms with Gasteiger partial charge in [-0.05, 0) is 48.9 Å². The van der Waals surface area contributed by atoms with Gasteiger partial charge in [-0.15, -0.1) is 0 Å². The zero-order valence-corrected chi connectivity index (χ0v) is 17.4. The molecule has 2 aliphatic rings. The van der Waals surface area contributed by atoms with Crippen molar-refractivity contribution in [3.8, 4) is 0 Å². The molecule has 0 spiro atoms. The lowest BCUT2D eigenvalue weighted by atomic mass is 10.0. The molecule has 1 N–H and O–H groups in total. The normalized spacial score (nSPS) is 20.6. The van der Waals surface area contributed by atoms with Crippen molar-refractivity contribution in [2.24, 2.45) is 0 Å². The smallest absolute Gasteiger partial charge is 0.318 e. The number of benzene rings is 1. The molecule has 0 radical (unpaired) electrons. The van der Waals surface area contributed by atoms with E-state index in [1.807, 2.05) is 60.5 Å². The number of urea groups is 1. The van der Waals surface area contributed by atoms with E-state index in [1.165, 1.54) is 0 Å². The van der Waals surface area contributed by atoms with Gasteiger partial charge in [-0.3, -0.25) is 9.78 Å². The van der Waals surface area contributed by atoms with Gasteiger partial charge in [0.15, 0.2) is 0 Å². The lowest BCUT2D eigenvalue weighted by Crippen LogP contribution is -2.50. The first kappa shape index (κ1) is 19.4. The molecule has 3 aromatic rings. The average Bonchev–Trinajstić information content (AvgIpc) is 3.40. The van der Waals surface area contributed by atoms with Gasteiger partial charge >= 0.3 is 6.03 Å². The van der Waals surface area contributed by atoms with E-state index in [2.05, 4.69) is 20.9 Å². The van der Waals surface area contributed by atoms with Crippen LogP contribution in [0.3, 0.4) is 0 Å². The van der Waals surface area contributed by atoms with Crippen LogP contribution in [-0.2, 0) is 11.3 Å². The third-order valence-electron chi connectivity index (χ3n) is 6.12. The summed E-state index contributed by atoms with van der Waals surface area (Å²) in [5.74, 6) is 0.0346. The highest BCUT2D eigenvalue weighted by atomic mass is 16.2. The molecule has 2 aromatic heterocycles. The molecule has 1 aromatic carbocycles. The maximum Gasteiger partial charge on any atom is 0.318 e. The molecule has 3 amide bonds. The quantitative estimate of drug-likeness (QED) is 0.715. The van der Waals surface area contributed by atoms with Crippen molar-refractivity contribution in [2.45, 2.75) is 32.0 Å². The number of rotatable bonds is 3. The fourth-order valence-electron chi connectivity index (χ4n) is 4.53. The summed E-state index contributed by atoms with van der Waals surface area (Å²) in [5.41, 5.74) is 4.13. The van der Waals surface area contributed by atoms with E-state index in [-0.39, 0.29) is 24.0 Å². The van der Waals surface area contributed by atoms with E-state index >= 15 is 0 Å². The number of carbonyl (C=O) groups is 2. The average molecular weight is 415 g/mol. The first-order valence-corrected chi connectivity index (χ1v) is 10.6. The van der Waals surface area contributed by atoms with Crippen LogP contribution >= 0.6 is 0 Å². The minimum Gasteiger partial charge on any atom is -0.348 e. The van der Waals surface area contributed by atoms with Gasteiger partial charge in [-0.1, -0.05) is 17.7 Å². The Hall–Kier alpha value is -3.61. The number of anilines is 1. The van der Waals surface area contributed by atoms with Crippen molar-refractivity contribution in [3.63, 3.8) is 0 Å². The van der Waals surface area contributed by atoms with Gasteiger partial charge in [0.05, 0.1) is 12.1 Å². The summed E-state index contributed by atoms with van der Waals surface area (Å²) in [6.45, 7) is 3.85. The molecule has 5 rings (SSSR count). The van der Waals surface area contributed by atoms with Gasteiger partial charge < -0.3 is 19.7 Å². The van der Waals surface area contributed by atoms with Crippen LogP contribution in [0.4, 0.5) is 10.5 Å². The second-order valence-electron chi connectivity index (χ2n) is 8.19. The van der Waals surface area contributed by atoms with Crippen LogP contribution in [-0.4, -0.2) is 45.5 Å². The molecular formula is C24H25N5O2. The largest absolute Gasteiger partial charge is 0.348 e. The molecule has 1 fully saturated rings. The third kappa shape index (κ3) is 3.67. The molecule has 2 atom stereocenters. The van der Waals surface area contributed by atoms with Crippen molar-refractivity contribution in [1.29, 1.82) is 0 Å². The lowest BCUT2D eigenvalue weighted by Gasteiger charge is -2.37. The van der Waals surface area contributed by atoms with Crippen LogP contribution in [0.5, 0.6) is 0 Å². The van der Waals surface area contributed by atoms with Gasteiger partial charge in [0.1, 0.15) is 0 Å². The molecule has 0 saturated carbocycles. The highest BCUT2D eigenvalue weighted by Crippen LogP contribution is 2.32. The number of amides is 3. The van der Waals surface area contributed by atoms with Gasteiger partial charge in [-0.2, -0.15) is 0 Å². The molecule has 2 unspecified atom stereocenters. The number of aromatic nitrogens is 2. The maximum atomic E-state index is 13.3. The summed E-state index contributed by atoms with van der Waals surface area (Å²) in [6.07, 6.45) is 5.86. The number of carbonyl (C=O) groups excluding carboxylic acids is 2. The number of hydrogen-bond acceptors (Lipinski definition) is 3. The molecule has 2 aliphatic heterocycles. The molecule has 0 aliphatic carbocycles. The fraction of sp³-hybridized carbons (Fsp3) is 0.292. The first-order valence-electron chi connectivity index (χ1n) is 10.6. The molecule has 4 heterocycles. The Kier molecular flexibility index (Phi) is 4.94. The van der Waals surface area contributed by atoms with E-state index in [0.717, 1.165) is 29.1 Å². The Labute approximate surface area is 181 Å². The second-order valence-corrected chi connectivity index (χ2v) is 8.19. The van der Waals surface area contributed by atoms with Crippen molar-refractivity contribution >= 4 is 17.6 Å². The van der Waals surface area contributed by atoms with Gasteiger partial charge in [0, 0.05) is 56.0 Å². The maximum absolute atomic E-state index is 13.3. The van der Waals surface area contributed by atoms with Crippen LogP contribution in [0.25, 0.3) is 0 Å². The second kappa shape index (κ2) is 7.91. The summed E-state index contributed by atoms with van der Waals surface area (Å²) >= 11 is 0. The molecule has 31 heavy (non-hydrogen) atoms. The zero-order valence-electron chi connectivity index (χ0n) is 17.4. The van der Waals surface area contributed by atoms with E-state index in [1.54, 1.807) is 17.3 Å². The number of aryl methyl sites for hydroxylation is 1. The summed E-state index contributed by atoms with van der Waals surface area (Å²) in [7, 11) is 0. The minimum atomic E-state index is -0.215. The highest BCUT2D eigenvalue weighted by molar-refractivity contribution is 5.96. The topological polar surface area (TPSA) is 70.5 Å². The predicted molar refractivity (Wildman–Crippen MR) is 118 cm³/mol. The van der Waals surface area contributed by atoms with Crippen LogP contribution < -0.4 is 10.2 Å². The third-order valence-corrected chi connectivity index (χ3v) is 6.12. The summed E-state index contributed by atoms with van der Waals surface area (Å²) in [4.78, 5) is 33.7. The Morgan fingerprint density at radius 2 is 1.84 bits per heavy atom. The molecule has 0 bridgehead atoms.